The maximum atomic E-state index is 12.0. The van der Waals surface area contributed by atoms with Crippen LogP contribution in [0.1, 0.15) is 0 Å². The average Bonchev–Trinajstić information content (AvgIpc) is 2.41. The Morgan fingerprint density at radius 1 is 1.11 bits per heavy atom. The first-order valence-corrected chi connectivity index (χ1v) is 7.36. The van der Waals surface area contributed by atoms with E-state index in [1.165, 1.54) is 24.5 Å². The second kappa shape index (κ2) is 5.51. The molecule has 0 amide bonds. The zero-order valence-electron chi connectivity index (χ0n) is 9.54. The van der Waals surface area contributed by atoms with Crippen LogP contribution >= 0.6 is 15.9 Å². The van der Waals surface area contributed by atoms with Crippen molar-refractivity contribution in [3.05, 3.63) is 41.3 Å². The van der Waals surface area contributed by atoms with Gasteiger partial charge in [-0.2, -0.15) is 0 Å². The van der Waals surface area contributed by atoms with Crippen molar-refractivity contribution in [1.29, 1.82) is 0 Å². The summed E-state index contributed by atoms with van der Waals surface area (Å²) in [7, 11) is -3.69. The van der Waals surface area contributed by atoms with Crippen LogP contribution in [0.15, 0.2) is 46.2 Å². The van der Waals surface area contributed by atoms with Crippen LogP contribution in [0.2, 0.25) is 0 Å². The number of rotatable bonds is 4. The number of nitrogens with zero attached hydrogens (tertiary/aromatic N) is 2. The van der Waals surface area contributed by atoms with Crippen LogP contribution in [0.3, 0.4) is 0 Å². The van der Waals surface area contributed by atoms with Gasteiger partial charge < -0.3 is 5.43 Å². The minimum Gasteiger partial charge on any atom is -0.324 e. The van der Waals surface area contributed by atoms with Crippen molar-refractivity contribution in [1.82, 2.24) is 9.97 Å². The number of anilines is 2. The standard InChI is InChI=1S/C10H10BrN5O2S/c11-9-5-14-10(6-13-9)16-19(17,18)8-3-1-7(15-12)2-4-8/h1-6,15H,12H2,(H,14,16). The topological polar surface area (TPSA) is 110 Å². The summed E-state index contributed by atoms with van der Waals surface area (Å²) in [5.41, 5.74) is 3.03. The molecule has 2 rings (SSSR count). The van der Waals surface area contributed by atoms with Gasteiger partial charge in [-0.15, -0.1) is 0 Å². The van der Waals surface area contributed by atoms with Gasteiger partial charge in [0, 0.05) is 5.69 Å². The molecule has 19 heavy (non-hydrogen) atoms. The van der Waals surface area contributed by atoms with E-state index in [0.717, 1.165) is 0 Å². The number of hydrogen-bond donors (Lipinski definition) is 3. The van der Waals surface area contributed by atoms with Gasteiger partial charge in [0.25, 0.3) is 10.0 Å². The number of hydrogen-bond acceptors (Lipinski definition) is 6. The summed E-state index contributed by atoms with van der Waals surface area (Å²) >= 11 is 3.12. The number of halogens is 1. The first-order chi connectivity index (χ1) is 9.01. The summed E-state index contributed by atoms with van der Waals surface area (Å²) in [6, 6.07) is 5.98. The highest BCUT2D eigenvalue weighted by Gasteiger charge is 2.14. The minimum absolute atomic E-state index is 0.108. The van der Waals surface area contributed by atoms with Crippen LogP contribution in [-0.4, -0.2) is 18.4 Å². The van der Waals surface area contributed by atoms with E-state index in [0.29, 0.717) is 10.3 Å². The number of hydrazine groups is 1. The first-order valence-electron chi connectivity index (χ1n) is 5.08. The molecule has 100 valence electrons. The van der Waals surface area contributed by atoms with Crippen LogP contribution in [0, 0.1) is 0 Å². The zero-order chi connectivity index (χ0) is 13.9. The van der Waals surface area contributed by atoms with Crippen molar-refractivity contribution in [2.75, 3.05) is 10.1 Å². The molecule has 1 aromatic heterocycles. The van der Waals surface area contributed by atoms with E-state index in [-0.39, 0.29) is 10.7 Å². The van der Waals surface area contributed by atoms with Crippen molar-refractivity contribution in [3.63, 3.8) is 0 Å². The molecule has 0 spiro atoms. The van der Waals surface area contributed by atoms with Gasteiger partial charge in [-0.25, -0.2) is 18.4 Å². The number of nitrogen functional groups attached to an aromatic ring is 1. The molecule has 1 heterocycles. The second-order valence-corrected chi connectivity index (χ2v) is 5.99. The lowest BCUT2D eigenvalue weighted by Crippen LogP contribution is -2.14. The fraction of sp³-hybridized carbons (Fsp3) is 0. The van der Waals surface area contributed by atoms with Crippen molar-refractivity contribution in [2.24, 2.45) is 5.84 Å². The number of nitrogens with two attached hydrogens (primary N) is 1. The van der Waals surface area contributed by atoms with Gasteiger partial charge in [-0.3, -0.25) is 10.6 Å². The Morgan fingerprint density at radius 2 is 1.79 bits per heavy atom. The van der Waals surface area contributed by atoms with Crippen molar-refractivity contribution in [3.8, 4) is 0 Å². The van der Waals surface area contributed by atoms with Gasteiger partial charge in [0.2, 0.25) is 0 Å². The third-order valence-electron chi connectivity index (χ3n) is 2.19. The molecule has 0 fully saturated rings. The van der Waals surface area contributed by atoms with Gasteiger partial charge >= 0.3 is 0 Å². The van der Waals surface area contributed by atoms with Gasteiger partial charge in [-0.1, -0.05) is 0 Å². The SMILES string of the molecule is NNc1ccc(S(=O)(=O)Nc2cnc(Br)cn2)cc1. The second-order valence-electron chi connectivity index (χ2n) is 3.50. The first kappa shape index (κ1) is 13.7. The monoisotopic (exact) mass is 343 g/mol. The summed E-state index contributed by atoms with van der Waals surface area (Å²) < 4.78 is 26.9. The molecular weight excluding hydrogens is 334 g/mol. The molecule has 9 heteroatoms. The smallest absolute Gasteiger partial charge is 0.263 e. The predicted octanol–water partition coefficient (Wildman–Crippen LogP) is 1.33. The van der Waals surface area contributed by atoms with Gasteiger partial charge in [0.15, 0.2) is 5.82 Å². The summed E-state index contributed by atoms with van der Waals surface area (Å²) in [4.78, 5) is 7.88. The molecule has 0 saturated heterocycles. The molecular formula is C10H10BrN5O2S. The molecule has 7 nitrogen and oxygen atoms in total. The van der Waals surface area contributed by atoms with E-state index in [2.05, 4.69) is 36.0 Å². The average molecular weight is 344 g/mol. The Hall–Kier alpha value is -1.71. The predicted molar refractivity (Wildman–Crippen MR) is 74.8 cm³/mol. The lowest BCUT2D eigenvalue weighted by atomic mass is 10.3. The molecule has 0 aliphatic rings. The molecule has 0 aliphatic carbocycles. The molecule has 0 aliphatic heterocycles. The summed E-state index contributed by atoms with van der Waals surface area (Å²) in [6.07, 6.45) is 2.72. The number of nitrogens with one attached hydrogen (secondary N) is 2. The van der Waals surface area contributed by atoms with Crippen molar-refractivity contribution < 1.29 is 8.42 Å². The highest BCUT2D eigenvalue weighted by molar-refractivity contribution is 9.10. The zero-order valence-corrected chi connectivity index (χ0v) is 11.9. The van der Waals surface area contributed by atoms with Crippen LogP contribution in [-0.2, 0) is 10.0 Å². The Kier molecular flexibility index (Phi) is 3.98. The van der Waals surface area contributed by atoms with E-state index in [9.17, 15) is 8.42 Å². The Balaban J connectivity index is 2.24. The molecule has 0 bridgehead atoms. The summed E-state index contributed by atoms with van der Waals surface area (Å²) in [5, 5.41) is 0. The highest BCUT2D eigenvalue weighted by atomic mass is 79.9. The Labute approximate surface area is 118 Å². The normalized spacial score (nSPS) is 11.1. The molecule has 0 atom stereocenters. The van der Waals surface area contributed by atoms with E-state index >= 15 is 0 Å². The maximum Gasteiger partial charge on any atom is 0.263 e. The third kappa shape index (κ3) is 3.40. The maximum absolute atomic E-state index is 12.0. The Bertz CT molecular complexity index is 657. The molecule has 0 radical (unpaired) electrons. The van der Waals surface area contributed by atoms with Crippen molar-refractivity contribution in [2.45, 2.75) is 4.90 Å². The van der Waals surface area contributed by atoms with Gasteiger partial charge in [0.1, 0.15) is 4.60 Å². The lowest BCUT2D eigenvalue weighted by Gasteiger charge is -2.07. The van der Waals surface area contributed by atoms with Gasteiger partial charge in [0.05, 0.1) is 17.3 Å². The number of benzene rings is 1. The fourth-order valence-corrected chi connectivity index (χ4v) is 2.49. The Morgan fingerprint density at radius 3 is 2.32 bits per heavy atom. The van der Waals surface area contributed by atoms with Crippen LogP contribution in [0.25, 0.3) is 0 Å². The lowest BCUT2D eigenvalue weighted by molar-refractivity contribution is 0.601. The molecule has 2 aromatic rings. The summed E-state index contributed by atoms with van der Waals surface area (Å²) in [6.45, 7) is 0. The van der Waals surface area contributed by atoms with Crippen molar-refractivity contribution >= 4 is 37.5 Å². The highest BCUT2D eigenvalue weighted by Crippen LogP contribution is 2.16. The number of sulfonamides is 1. The van der Waals surface area contributed by atoms with E-state index in [1.54, 1.807) is 12.1 Å². The molecule has 0 saturated carbocycles. The van der Waals surface area contributed by atoms with Gasteiger partial charge in [-0.05, 0) is 40.2 Å². The van der Waals surface area contributed by atoms with E-state index < -0.39 is 10.0 Å². The largest absolute Gasteiger partial charge is 0.324 e. The molecule has 1 aromatic carbocycles. The third-order valence-corrected chi connectivity index (χ3v) is 3.97. The minimum atomic E-state index is -3.69. The number of aromatic nitrogens is 2. The van der Waals surface area contributed by atoms with E-state index in [1.807, 2.05) is 0 Å². The molecule has 4 N–H and O–H groups in total. The van der Waals surface area contributed by atoms with Crippen LogP contribution < -0.4 is 16.0 Å². The van der Waals surface area contributed by atoms with Crippen LogP contribution in [0.4, 0.5) is 11.5 Å². The molecule has 0 unspecified atom stereocenters. The van der Waals surface area contributed by atoms with Crippen LogP contribution in [0.5, 0.6) is 0 Å². The summed E-state index contributed by atoms with van der Waals surface area (Å²) in [5.74, 6) is 5.35. The quantitative estimate of drug-likeness (QED) is 0.570. The fourth-order valence-electron chi connectivity index (χ4n) is 1.29. The van der Waals surface area contributed by atoms with E-state index in [4.69, 9.17) is 5.84 Å².